The maximum Gasteiger partial charge on any atom is 0.143 e. The minimum Gasteiger partial charge on any atom is -0.361 e. The average Bonchev–Trinajstić information content (AvgIpc) is 2.75. The highest BCUT2D eigenvalue weighted by atomic mass is 16.5. The molecule has 0 atom stereocenters. The van der Waals surface area contributed by atoms with Gasteiger partial charge < -0.3 is 4.74 Å². The number of rotatable bonds is 9. The maximum absolute atomic E-state index is 6.72. The Morgan fingerprint density at radius 3 is 1.48 bits per heavy atom. The summed E-state index contributed by atoms with van der Waals surface area (Å²) < 4.78 is 6.72. The van der Waals surface area contributed by atoms with Crippen LogP contribution in [0.4, 0.5) is 0 Å². The second kappa shape index (κ2) is 9.76. The van der Waals surface area contributed by atoms with Crippen LogP contribution in [-0.4, -0.2) is 6.61 Å². The molecule has 0 saturated carbocycles. The van der Waals surface area contributed by atoms with Crippen molar-refractivity contribution in [2.24, 2.45) is 0 Å². The normalized spacial score (nSPS) is 11.1. The number of hydrogen-bond donors (Lipinski definition) is 0. The van der Waals surface area contributed by atoms with Crippen molar-refractivity contribution >= 4 is 0 Å². The maximum atomic E-state index is 6.72. The zero-order valence-electron chi connectivity index (χ0n) is 15.7. The predicted molar refractivity (Wildman–Crippen MR) is 112 cm³/mol. The van der Waals surface area contributed by atoms with Crippen LogP contribution >= 0.6 is 0 Å². The summed E-state index contributed by atoms with van der Waals surface area (Å²) in [7, 11) is 0. The van der Waals surface area contributed by atoms with E-state index < -0.39 is 5.60 Å². The molecule has 3 rings (SSSR count). The van der Waals surface area contributed by atoms with Gasteiger partial charge in [0.1, 0.15) is 5.60 Å². The van der Waals surface area contributed by atoms with Crippen LogP contribution in [0.1, 0.15) is 42.4 Å². The number of terminal acetylenes is 1. The van der Waals surface area contributed by atoms with Gasteiger partial charge in [-0.15, -0.1) is 12.3 Å². The lowest BCUT2D eigenvalue weighted by Crippen LogP contribution is -2.33. The van der Waals surface area contributed by atoms with E-state index in [1.165, 1.54) is 0 Å². The molecule has 136 valence electrons. The van der Waals surface area contributed by atoms with Gasteiger partial charge in [0, 0.05) is 13.0 Å². The highest BCUT2D eigenvalue weighted by Gasteiger charge is 2.37. The van der Waals surface area contributed by atoms with Crippen molar-refractivity contribution in [2.45, 2.75) is 31.3 Å². The SMILES string of the molecule is C#CCCCCCOC(c1ccccc1)(c1ccccc1)c1ccccc1. The summed E-state index contributed by atoms with van der Waals surface area (Å²) in [4.78, 5) is 0. The summed E-state index contributed by atoms with van der Waals surface area (Å²) in [5.41, 5.74) is 2.82. The van der Waals surface area contributed by atoms with E-state index in [4.69, 9.17) is 11.2 Å². The first kappa shape index (κ1) is 19.0. The molecule has 0 aliphatic rings. The van der Waals surface area contributed by atoms with Crippen LogP contribution in [0.25, 0.3) is 0 Å². The third-order valence-electron chi connectivity index (χ3n) is 4.82. The summed E-state index contributed by atoms with van der Waals surface area (Å²) in [6.45, 7) is 0.684. The molecule has 3 aromatic rings. The molecule has 0 bridgehead atoms. The monoisotopic (exact) mass is 354 g/mol. The second-order valence-corrected chi connectivity index (χ2v) is 6.64. The fourth-order valence-electron chi connectivity index (χ4n) is 3.50. The minimum absolute atomic E-state index is 0.615. The topological polar surface area (TPSA) is 9.23 Å². The highest BCUT2D eigenvalue weighted by Crippen LogP contribution is 2.40. The van der Waals surface area contributed by atoms with Crippen molar-refractivity contribution in [3.63, 3.8) is 0 Å². The van der Waals surface area contributed by atoms with Crippen LogP contribution in [0.3, 0.4) is 0 Å². The van der Waals surface area contributed by atoms with Gasteiger partial charge >= 0.3 is 0 Å². The van der Waals surface area contributed by atoms with Crippen LogP contribution in [0, 0.1) is 12.3 Å². The number of unbranched alkanes of at least 4 members (excludes halogenated alkanes) is 3. The van der Waals surface area contributed by atoms with Gasteiger partial charge in [0.05, 0.1) is 0 Å². The molecule has 0 saturated heterocycles. The predicted octanol–water partition coefficient (Wildman–Crippen LogP) is 6.19. The van der Waals surface area contributed by atoms with Crippen molar-refractivity contribution < 1.29 is 4.74 Å². The van der Waals surface area contributed by atoms with Gasteiger partial charge in [-0.25, -0.2) is 0 Å². The summed E-state index contributed by atoms with van der Waals surface area (Å²) in [5, 5.41) is 0. The Morgan fingerprint density at radius 2 is 1.07 bits per heavy atom. The van der Waals surface area contributed by atoms with E-state index in [1.54, 1.807) is 0 Å². The third-order valence-corrected chi connectivity index (χ3v) is 4.82. The number of ether oxygens (including phenoxy) is 1. The Morgan fingerprint density at radius 1 is 0.630 bits per heavy atom. The van der Waals surface area contributed by atoms with E-state index in [0.717, 1.165) is 42.4 Å². The first-order valence-electron chi connectivity index (χ1n) is 9.62. The largest absolute Gasteiger partial charge is 0.361 e. The lowest BCUT2D eigenvalue weighted by Gasteiger charge is -2.36. The van der Waals surface area contributed by atoms with E-state index in [0.29, 0.717) is 6.61 Å². The Hall–Kier alpha value is -2.82. The number of hydrogen-bond acceptors (Lipinski definition) is 1. The molecule has 0 amide bonds. The molecule has 27 heavy (non-hydrogen) atoms. The highest BCUT2D eigenvalue weighted by molar-refractivity contribution is 5.47. The molecule has 0 unspecified atom stereocenters. The van der Waals surface area contributed by atoms with Gasteiger partial charge in [0.2, 0.25) is 0 Å². The smallest absolute Gasteiger partial charge is 0.143 e. The third kappa shape index (κ3) is 4.48. The van der Waals surface area contributed by atoms with Crippen molar-refractivity contribution in [3.05, 3.63) is 108 Å². The molecule has 0 aliphatic carbocycles. The first-order valence-corrected chi connectivity index (χ1v) is 9.62. The fraction of sp³-hybridized carbons (Fsp3) is 0.231. The molecule has 3 aromatic carbocycles. The van der Waals surface area contributed by atoms with Gasteiger partial charge in [-0.2, -0.15) is 0 Å². The molecule has 0 radical (unpaired) electrons. The van der Waals surface area contributed by atoms with E-state index >= 15 is 0 Å². The molecule has 0 N–H and O–H groups in total. The zero-order valence-corrected chi connectivity index (χ0v) is 15.7. The Bertz CT molecular complexity index is 735. The van der Waals surface area contributed by atoms with Crippen LogP contribution in [0.5, 0.6) is 0 Å². The van der Waals surface area contributed by atoms with Crippen LogP contribution < -0.4 is 0 Å². The van der Waals surface area contributed by atoms with E-state index in [2.05, 4.69) is 78.7 Å². The van der Waals surface area contributed by atoms with Crippen molar-refractivity contribution in [1.29, 1.82) is 0 Å². The zero-order chi connectivity index (χ0) is 18.8. The molecular weight excluding hydrogens is 328 g/mol. The molecule has 0 fully saturated rings. The van der Waals surface area contributed by atoms with Gasteiger partial charge in [0.25, 0.3) is 0 Å². The quantitative estimate of drug-likeness (QED) is 0.253. The summed E-state index contributed by atoms with van der Waals surface area (Å²) in [6.07, 6.45) is 9.32. The molecule has 1 heteroatoms. The first-order chi connectivity index (χ1) is 13.4. The van der Waals surface area contributed by atoms with Crippen molar-refractivity contribution in [3.8, 4) is 12.3 Å². The molecular formula is C26H26O. The van der Waals surface area contributed by atoms with Gasteiger partial charge in [0.15, 0.2) is 0 Å². The van der Waals surface area contributed by atoms with E-state index in [9.17, 15) is 0 Å². The van der Waals surface area contributed by atoms with Gasteiger partial charge in [-0.3, -0.25) is 0 Å². The fourth-order valence-corrected chi connectivity index (χ4v) is 3.50. The average molecular weight is 354 g/mol. The van der Waals surface area contributed by atoms with Gasteiger partial charge in [-0.1, -0.05) is 97.4 Å². The van der Waals surface area contributed by atoms with Crippen LogP contribution in [0.2, 0.25) is 0 Å². The van der Waals surface area contributed by atoms with Crippen LogP contribution in [-0.2, 0) is 10.3 Å². The summed E-state index contributed by atoms with van der Waals surface area (Å²) >= 11 is 0. The van der Waals surface area contributed by atoms with Crippen molar-refractivity contribution in [1.82, 2.24) is 0 Å². The Labute approximate surface area is 163 Å². The summed E-state index contributed by atoms with van der Waals surface area (Å²) in [5.74, 6) is 2.71. The van der Waals surface area contributed by atoms with E-state index in [1.807, 2.05) is 18.2 Å². The number of benzene rings is 3. The molecule has 0 aromatic heterocycles. The molecule has 1 nitrogen and oxygen atoms in total. The standard InChI is InChI=1S/C26H26O/c1-2-3-4-5-15-22-27-26(23-16-9-6-10-17-23,24-18-11-7-12-19-24)25-20-13-8-14-21-25/h1,6-14,16-21H,3-5,15,22H2. The van der Waals surface area contributed by atoms with Crippen LogP contribution in [0.15, 0.2) is 91.0 Å². The van der Waals surface area contributed by atoms with E-state index in [-0.39, 0.29) is 0 Å². The Balaban J connectivity index is 2.00. The second-order valence-electron chi connectivity index (χ2n) is 6.64. The minimum atomic E-state index is -0.615. The Kier molecular flexibility index (Phi) is 6.85. The van der Waals surface area contributed by atoms with Crippen molar-refractivity contribution in [2.75, 3.05) is 6.61 Å². The summed E-state index contributed by atoms with van der Waals surface area (Å²) in [6, 6.07) is 31.5. The lowest BCUT2D eigenvalue weighted by molar-refractivity contribution is 0.0107. The van der Waals surface area contributed by atoms with Gasteiger partial charge in [-0.05, 0) is 29.5 Å². The molecule has 0 spiro atoms. The lowest BCUT2D eigenvalue weighted by atomic mass is 9.80. The molecule has 0 aliphatic heterocycles. The molecule has 0 heterocycles.